The van der Waals surface area contributed by atoms with Crippen LogP contribution in [0, 0.1) is 13.8 Å². The second kappa shape index (κ2) is 7.77. The topological polar surface area (TPSA) is 43.3 Å². The number of hydrogen-bond acceptors (Lipinski definition) is 2. The molecule has 3 rings (SSSR count). The van der Waals surface area contributed by atoms with E-state index in [0.717, 1.165) is 22.6 Å². The number of aromatic nitrogens is 1. The summed E-state index contributed by atoms with van der Waals surface area (Å²) < 4.78 is 7.54. The maximum atomic E-state index is 12.7. The van der Waals surface area contributed by atoms with Crippen LogP contribution in [0.3, 0.4) is 0 Å². The molecule has 1 aromatic carbocycles. The van der Waals surface area contributed by atoms with Gasteiger partial charge in [-0.25, -0.2) is 0 Å². The average molecular weight is 340 g/mol. The highest BCUT2D eigenvalue weighted by molar-refractivity contribution is 5.95. The predicted molar refractivity (Wildman–Crippen MR) is 100 cm³/mol. The van der Waals surface area contributed by atoms with Crippen LogP contribution in [-0.4, -0.2) is 17.6 Å². The lowest BCUT2D eigenvalue weighted by Gasteiger charge is -2.26. The average Bonchev–Trinajstić information content (AvgIpc) is 2.95. The molecule has 4 heteroatoms. The quantitative estimate of drug-likeness (QED) is 0.868. The number of aryl methyl sites for hydroxylation is 1. The molecule has 1 N–H and O–H groups in total. The summed E-state index contributed by atoms with van der Waals surface area (Å²) >= 11 is 0. The van der Waals surface area contributed by atoms with Gasteiger partial charge in [0, 0.05) is 24.0 Å². The third kappa shape index (κ3) is 3.89. The van der Waals surface area contributed by atoms with E-state index in [1.54, 1.807) is 7.11 Å². The molecule has 2 aromatic rings. The first-order valence-corrected chi connectivity index (χ1v) is 9.19. The number of nitrogens with one attached hydrogen (secondary N) is 1. The van der Waals surface area contributed by atoms with Gasteiger partial charge in [-0.15, -0.1) is 0 Å². The Morgan fingerprint density at radius 1 is 1.16 bits per heavy atom. The van der Waals surface area contributed by atoms with Crippen molar-refractivity contribution in [2.24, 2.45) is 0 Å². The number of benzene rings is 1. The Hall–Kier alpha value is -2.23. The summed E-state index contributed by atoms with van der Waals surface area (Å²) in [6.45, 7) is 4.71. The largest absolute Gasteiger partial charge is 0.497 e. The van der Waals surface area contributed by atoms with Gasteiger partial charge in [-0.05, 0) is 50.5 Å². The smallest absolute Gasteiger partial charge is 0.253 e. The molecule has 0 aliphatic heterocycles. The van der Waals surface area contributed by atoms with Crippen molar-refractivity contribution in [3.8, 4) is 5.75 Å². The van der Waals surface area contributed by atoms with E-state index in [2.05, 4.69) is 23.7 Å². The molecule has 1 saturated carbocycles. The number of carbonyl (C=O) groups is 1. The van der Waals surface area contributed by atoms with Crippen molar-refractivity contribution in [1.82, 2.24) is 9.88 Å². The molecule has 0 spiro atoms. The first-order chi connectivity index (χ1) is 12.1. The summed E-state index contributed by atoms with van der Waals surface area (Å²) in [5, 5.41) is 3.04. The van der Waals surface area contributed by atoms with Crippen LogP contribution in [0.4, 0.5) is 0 Å². The van der Waals surface area contributed by atoms with Crippen LogP contribution in [0.15, 0.2) is 30.3 Å². The van der Waals surface area contributed by atoms with E-state index in [-0.39, 0.29) is 5.91 Å². The zero-order chi connectivity index (χ0) is 17.8. The predicted octanol–water partition coefficient (Wildman–Crippen LogP) is 4.55. The lowest BCUT2D eigenvalue weighted by molar-refractivity contribution is 0.0950. The fourth-order valence-electron chi connectivity index (χ4n) is 3.93. The van der Waals surface area contributed by atoms with Crippen LogP contribution >= 0.6 is 0 Å². The third-order valence-electron chi connectivity index (χ3n) is 5.28. The van der Waals surface area contributed by atoms with E-state index >= 15 is 0 Å². The number of nitrogens with zero attached hydrogens (tertiary/aromatic N) is 1. The molecule has 1 heterocycles. The Bertz CT molecular complexity index is 725. The zero-order valence-electron chi connectivity index (χ0n) is 15.5. The highest BCUT2D eigenvalue weighted by Crippen LogP contribution is 2.32. The van der Waals surface area contributed by atoms with E-state index < -0.39 is 0 Å². The number of amides is 1. The first kappa shape index (κ1) is 17.6. The number of rotatable bonds is 5. The van der Waals surface area contributed by atoms with E-state index in [4.69, 9.17) is 4.74 Å². The minimum absolute atomic E-state index is 0.00553. The van der Waals surface area contributed by atoms with Gasteiger partial charge in [-0.3, -0.25) is 4.79 Å². The normalized spacial score (nSPS) is 15.2. The Balaban J connectivity index is 1.69. The van der Waals surface area contributed by atoms with E-state index in [9.17, 15) is 4.79 Å². The minimum Gasteiger partial charge on any atom is -0.497 e. The molecule has 25 heavy (non-hydrogen) atoms. The van der Waals surface area contributed by atoms with Gasteiger partial charge in [0.2, 0.25) is 0 Å². The van der Waals surface area contributed by atoms with Gasteiger partial charge in [0.15, 0.2) is 0 Å². The van der Waals surface area contributed by atoms with Gasteiger partial charge in [0.1, 0.15) is 5.75 Å². The Kier molecular flexibility index (Phi) is 5.47. The molecule has 0 radical (unpaired) electrons. The van der Waals surface area contributed by atoms with E-state index in [0.29, 0.717) is 12.6 Å². The fraction of sp³-hybridized carbons (Fsp3) is 0.476. The number of ether oxygens (including phenoxy) is 1. The molecule has 1 amide bonds. The second-order valence-corrected chi connectivity index (χ2v) is 6.98. The lowest BCUT2D eigenvalue weighted by Crippen LogP contribution is -2.23. The van der Waals surface area contributed by atoms with Crippen molar-refractivity contribution in [2.45, 2.75) is 58.5 Å². The van der Waals surface area contributed by atoms with Gasteiger partial charge < -0.3 is 14.6 Å². The van der Waals surface area contributed by atoms with Crippen LogP contribution in [0.1, 0.15) is 65.5 Å². The molecule has 1 aromatic heterocycles. The Labute approximate surface area is 150 Å². The molecule has 0 atom stereocenters. The van der Waals surface area contributed by atoms with Crippen molar-refractivity contribution in [3.05, 3.63) is 52.8 Å². The van der Waals surface area contributed by atoms with Crippen molar-refractivity contribution >= 4 is 5.91 Å². The molecule has 0 saturated heterocycles. The molecule has 0 bridgehead atoms. The van der Waals surface area contributed by atoms with Crippen LogP contribution in [0.25, 0.3) is 0 Å². The van der Waals surface area contributed by atoms with Gasteiger partial charge in [0.05, 0.1) is 12.7 Å². The third-order valence-corrected chi connectivity index (χ3v) is 5.28. The van der Waals surface area contributed by atoms with Crippen LogP contribution < -0.4 is 10.1 Å². The summed E-state index contributed by atoms with van der Waals surface area (Å²) in [7, 11) is 1.65. The summed E-state index contributed by atoms with van der Waals surface area (Å²) in [5.41, 5.74) is 4.16. The van der Waals surface area contributed by atoms with Gasteiger partial charge in [-0.2, -0.15) is 0 Å². The van der Waals surface area contributed by atoms with E-state index in [1.807, 2.05) is 30.3 Å². The maximum Gasteiger partial charge on any atom is 0.253 e. The van der Waals surface area contributed by atoms with Crippen molar-refractivity contribution in [2.75, 3.05) is 7.11 Å². The summed E-state index contributed by atoms with van der Waals surface area (Å²) in [5.74, 6) is 0.831. The SMILES string of the molecule is COc1ccc(CNC(=O)c2cc(C)n(C3CCCCC3)c2C)cc1. The highest BCUT2D eigenvalue weighted by Gasteiger charge is 2.22. The molecule has 4 nitrogen and oxygen atoms in total. The van der Waals surface area contributed by atoms with Gasteiger partial charge in [-0.1, -0.05) is 31.4 Å². The van der Waals surface area contributed by atoms with Crippen molar-refractivity contribution in [1.29, 1.82) is 0 Å². The number of carbonyl (C=O) groups excluding carboxylic acids is 1. The van der Waals surface area contributed by atoms with E-state index in [1.165, 1.54) is 37.8 Å². The molecular formula is C21H28N2O2. The Morgan fingerprint density at radius 2 is 1.84 bits per heavy atom. The molecule has 134 valence electrons. The monoisotopic (exact) mass is 340 g/mol. The van der Waals surface area contributed by atoms with Crippen LogP contribution in [0.2, 0.25) is 0 Å². The molecule has 1 fully saturated rings. The summed E-state index contributed by atoms with van der Waals surface area (Å²) in [4.78, 5) is 12.7. The fourth-order valence-corrected chi connectivity index (χ4v) is 3.93. The molecule has 1 aliphatic rings. The second-order valence-electron chi connectivity index (χ2n) is 6.98. The van der Waals surface area contributed by atoms with Crippen LogP contribution in [0.5, 0.6) is 5.75 Å². The molecule has 1 aliphatic carbocycles. The lowest BCUT2D eigenvalue weighted by atomic mass is 9.95. The minimum atomic E-state index is 0.00553. The van der Waals surface area contributed by atoms with Crippen molar-refractivity contribution in [3.63, 3.8) is 0 Å². The number of hydrogen-bond donors (Lipinski definition) is 1. The van der Waals surface area contributed by atoms with Gasteiger partial charge >= 0.3 is 0 Å². The Morgan fingerprint density at radius 3 is 2.48 bits per heavy atom. The van der Waals surface area contributed by atoms with Crippen molar-refractivity contribution < 1.29 is 9.53 Å². The highest BCUT2D eigenvalue weighted by atomic mass is 16.5. The maximum absolute atomic E-state index is 12.7. The summed E-state index contributed by atoms with van der Waals surface area (Å²) in [6, 6.07) is 10.4. The summed E-state index contributed by atoms with van der Waals surface area (Å²) in [6.07, 6.45) is 6.37. The van der Waals surface area contributed by atoms with Crippen LogP contribution in [-0.2, 0) is 6.54 Å². The first-order valence-electron chi connectivity index (χ1n) is 9.19. The van der Waals surface area contributed by atoms with Gasteiger partial charge in [0.25, 0.3) is 5.91 Å². The molecular weight excluding hydrogens is 312 g/mol. The standard InChI is InChI=1S/C21H28N2O2/c1-15-13-20(16(2)23(15)18-7-5-4-6-8-18)21(24)22-14-17-9-11-19(25-3)12-10-17/h9-13,18H,4-8,14H2,1-3H3,(H,22,24). The molecule has 0 unspecified atom stereocenters. The number of methoxy groups -OCH3 is 1. The zero-order valence-corrected chi connectivity index (χ0v) is 15.5.